The van der Waals surface area contributed by atoms with Gasteiger partial charge in [0.05, 0.1) is 5.60 Å². The van der Waals surface area contributed by atoms with E-state index < -0.39 is 5.60 Å². The molecule has 0 bridgehead atoms. The monoisotopic (exact) mass is 325 g/mol. The van der Waals surface area contributed by atoms with Crippen molar-refractivity contribution < 1.29 is 9.90 Å². The minimum Gasteiger partial charge on any atom is -0.390 e. The Bertz CT molecular complexity index is 432. The Labute approximate surface area is 122 Å². The van der Waals surface area contributed by atoms with Crippen LogP contribution in [0.25, 0.3) is 0 Å². The fourth-order valence-corrected chi connectivity index (χ4v) is 2.56. The molecule has 1 aliphatic rings. The van der Waals surface area contributed by atoms with Gasteiger partial charge in [-0.2, -0.15) is 0 Å². The van der Waals surface area contributed by atoms with Crippen molar-refractivity contribution in [3.05, 3.63) is 34.3 Å². The number of carbonyl (C=O) groups is 1. The summed E-state index contributed by atoms with van der Waals surface area (Å²) in [5.74, 6) is 0.185. The number of rotatable bonds is 4. The maximum Gasteiger partial charge on any atom is 0.164 e. The van der Waals surface area contributed by atoms with Gasteiger partial charge < -0.3 is 10.0 Å². The lowest BCUT2D eigenvalue weighted by Crippen LogP contribution is -2.43. The number of aliphatic hydroxyl groups is 1. The van der Waals surface area contributed by atoms with Crippen LogP contribution in [0.3, 0.4) is 0 Å². The largest absolute Gasteiger partial charge is 0.390 e. The van der Waals surface area contributed by atoms with Gasteiger partial charge in [0.25, 0.3) is 0 Å². The highest BCUT2D eigenvalue weighted by atomic mass is 79.9. The molecule has 0 unspecified atom stereocenters. The summed E-state index contributed by atoms with van der Waals surface area (Å²) in [6.07, 6.45) is 2.13. The van der Waals surface area contributed by atoms with Crippen LogP contribution in [0.15, 0.2) is 28.7 Å². The van der Waals surface area contributed by atoms with Crippen LogP contribution in [-0.4, -0.2) is 41.0 Å². The van der Waals surface area contributed by atoms with E-state index in [4.69, 9.17) is 0 Å². The van der Waals surface area contributed by atoms with E-state index >= 15 is 0 Å². The van der Waals surface area contributed by atoms with Crippen molar-refractivity contribution in [1.29, 1.82) is 0 Å². The molecule has 1 aromatic carbocycles. The summed E-state index contributed by atoms with van der Waals surface area (Å²) >= 11 is 3.36. The highest BCUT2D eigenvalue weighted by Crippen LogP contribution is 2.21. The first-order valence-corrected chi connectivity index (χ1v) is 7.49. The molecule has 1 fully saturated rings. The molecule has 1 heterocycles. The van der Waals surface area contributed by atoms with Gasteiger partial charge in [-0.15, -0.1) is 0 Å². The van der Waals surface area contributed by atoms with Crippen LogP contribution in [0.2, 0.25) is 0 Å². The molecule has 0 aliphatic carbocycles. The van der Waals surface area contributed by atoms with Crippen LogP contribution in [0, 0.1) is 0 Å². The molecule has 0 saturated carbocycles. The summed E-state index contributed by atoms with van der Waals surface area (Å²) in [5.41, 5.74) is 0.249. The van der Waals surface area contributed by atoms with E-state index in [0.29, 0.717) is 6.42 Å². The number of Topliss-reactive ketones (excluding diaryl/α,β-unsaturated/α-hetero) is 1. The Morgan fingerprint density at radius 1 is 1.32 bits per heavy atom. The maximum atomic E-state index is 12.0. The van der Waals surface area contributed by atoms with Gasteiger partial charge in [0.2, 0.25) is 0 Å². The first-order valence-electron chi connectivity index (χ1n) is 6.70. The second-order valence-electron chi connectivity index (χ2n) is 5.52. The number of hydrogen-bond acceptors (Lipinski definition) is 3. The summed E-state index contributed by atoms with van der Waals surface area (Å²) in [7, 11) is 0. The molecule has 2 rings (SSSR count). The van der Waals surface area contributed by atoms with Gasteiger partial charge in [-0.25, -0.2) is 0 Å². The molecule has 0 aromatic heterocycles. The third-order valence-electron chi connectivity index (χ3n) is 3.75. The Hall–Kier alpha value is -0.710. The number of carbonyl (C=O) groups excluding carboxylic acids is 1. The molecule has 4 heteroatoms. The van der Waals surface area contributed by atoms with Gasteiger partial charge in [-0.3, -0.25) is 4.79 Å². The zero-order chi connectivity index (χ0) is 13.9. The summed E-state index contributed by atoms with van der Waals surface area (Å²) < 4.78 is 0.988. The molecule has 0 spiro atoms. The maximum absolute atomic E-state index is 12.0. The summed E-state index contributed by atoms with van der Waals surface area (Å²) in [4.78, 5) is 14.3. The van der Waals surface area contributed by atoms with E-state index in [-0.39, 0.29) is 5.78 Å². The molecular formula is C15H20BrNO2. The van der Waals surface area contributed by atoms with Crippen LogP contribution < -0.4 is 0 Å². The third-order valence-corrected chi connectivity index (χ3v) is 4.28. The second-order valence-corrected chi connectivity index (χ2v) is 6.43. The van der Waals surface area contributed by atoms with Gasteiger partial charge in [0, 0.05) is 36.1 Å². The van der Waals surface area contributed by atoms with Crippen LogP contribution in [0.1, 0.15) is 36.5 Å². The average Bonchev–Trinajstić information content (AvgIpc) is 2.38. The Morgan fingerprint density at radius 3 is 2.47 bits per heavy atom. The van der Waals surface area contributed by atoms with Crippen molar-refractivity contribution in [2.75, 3.05) is 19.6 Å². The van der Waals surface area contributed by atoms with Gasteiger partial charge >= 0.3 is 0 Å². The molecule has 0 radical (unpaired) electrons. The fraction of sp³-hybridized carbons (Fsp3) is 0.533. The number of nitrogens with zero attached hydrogens (tertiary/aromatic N) is 1. The number of piperidine rings is 1. The highest BCUT2D eigenvalue weighted by Gasteiger charge is 2.27. The average molecular weight is 326 g/mol. The molecule has 0 amide bonds. The van der Waals surface area contributed by atoms with Crippen LogP contribution in [0.4, 0.5) is 0 Å². The van der Waals surface area contributed by atoms with Crippen LogP contribution >= 0.6 is 15.9 Å². The fourth-order valence-electron chi connectivity index (χ4n) is 2.30. The van der Waals surface area contributed by atoms with E-state index in [1.807, 2.05) is 31.2 Å². The summed E-state index contributed by atoms with van der Waals surface area (Å²) in [5, 5.41) is 9.88. The number of likely N-dealkylation sites (tertiary alicyclic amines) is 1. The molecule has 3 nitrogen and oxygen atoms in total. The highest BCUT2D eigenvalue weighted by molar-refractivity contribution is 9.10. The minimum atomic E-state index is -0.522. The topological polar surface area (TPSA) is 40.5 Å². The molecule has 1 saturated heterocycles. The van der Waals surface area contributed by atoms with Gasteiger partial charge in [-0.05, 0) is 31.9 Å². The first-order chi connectivity index (χ1) is 8.96. The van der Waals surface area contributed by atoms with Crippen molar-refractivity contribution in [3.63, 3.8) is 0 Å². The summed E-state index contributed by atoms with van der Waals surface area (Å²) in [6, 6.07) is 7.50. The minimum absolute atomic E-state index is 0.185. The smallest absolute Gasteiger partial charge is 0.164 e. The number of benzene rings is 1. The molecule has 104 valence electrons. The van der Waals surface area contributed by atoms with E-state index in [1.54, 1.807) is 0 Å². The quantitative estimate of drug-likeness (QED) is 0.865. The lowest BCUT2D eigenvalue weighted by molar-refractivity contribution is -0.00506. The van der Waals surface area contributed by atoms with Gasteiger partial charge in [0.1, 0.15) is 0 Å². The Balaban J connectivity index is 1.80. The number of halogens is 1. The Kier molecular flexibility index (Phi) is 4.76. The Morgan fingerprint density at radius 2 is 1.89 bits per heavy atom. The van der Waals surface area contributed by atoms with Crippen molar-refractivity contribution in [2.24, 2.45) is 0 Å². The van der Waals surface area contributed by atoms with Gasteiger partial charge in [-0.1, -0.05) is 28.1 Å². The van der Waals surface area contributed by atoms with Gasteiger partial charge in [0.15, 0.2) is 5.78 Å². The molecule has 1 N–H and O–H groups in total. The SMILES string of the molecule is CC1(O)CCN(CCC(=O)c2ccc(Br)cc2)CC1. The van der Waals surface area contributed by atoms with Crippen LogP contribution in [0.5, 0.6) is 0 Å². The third kappa shape index (κ3) is 4.41. The molecule has 1 aromatic rings. The van der Waals surface area contributed by atoms with E-state index in [0.717, 1.165) is 42.5 Å². The number of ketones is 1. The predicted octanol–water partition coefficient (Wildman–Crippen LogP) is 2.87. The van der Waals surface area contributed by atoms with E-state index in [2.05, 4.69) is 20.8 Å². The molecule has 19 heavy (non-hydrogen) atoms. The van der Waals surface area contributed by atoms with E-state index in [9.17, 15) is 9.90 Å². The lowest BCUT2D eigenvalue weighted by atomic mass is 9.93. The normalized spacial score (nSPS) is 19.3. The zero-order valence-corrected chi connectivity index (χ0v) is 12.8. The van der Waals surface area contributed by atoms with E-state index in [1.165, 1.54) is 0 Å². The number of hydrogen-bond donors (Lipinski definition) is 1. The second kappa shape index (κ2) is 6.16. The predicted molar refractivity (Wildman–Crippen MR) is 79.4 cm³/mol. The van der Waals surface area contributed by atoms with Crippen molar-refractivity contribution >= 4 is 21.7 Å². The first kappa shape index (κ1) is 14.7. The summed E-state index contributed by atoms with van der Waals surface area (Å²) in [6.45, 7) is 4.42. The van der Waals surface area contributed by atoms with Crippen molar-refractivity contribution in [3.8, 4) is 0 Å². The molecule has 0 atom stereocenters. The molecular weight excluding hydrogens is 306 g/mol. The van der Waals surface area contributed by atoms with Crippen LogP contribution in [-0.2, 0) is 0 Å². The van der Waals surface area contributed by atoms with Crippen molar-refractivity contribution in [2.45, 2.75) is 31.8 Å². The lowest BCUT2D eigenvalue weighted by Gasteiger charge is -2.35. The molecule has 1 aliphatic heterocycles. The zero-order valence-electron chi connectivity index (χ0n) is 11.2. The van der Waals surface area contributed by atoms with Crippen molar-refractivity contribution in [1.82, 2.24) is 4.90 Å². The standard InChI is InChI=1S/C15H20BrNO2/c1-15(19)7-10-17(11-8-15)9-6-14(18)12-2-4-13(16)5-3-12/h2-5,19H,6-11H2,1H3.